The lowest BCUT2D eigenvalue weighted by atomic mass is 9.95. The van der Waals surface area contributed by atoms with Crippen LogP contribution in [0.25, 0.3) is 10.9 Å². The fraction of sp³-hybridized carbons (Fsp3) is 0.412. The SMILES string of the molecule is Cc1nc(CC2CCCN(c3nc4ccccc4c(=O)[nH]3)C2)no1. The van der Waals surface area contributed by atoms with Gasteiger partial charge in [0.25, 0.3) is 5.56 Å². The van der Waals surface area contributed by atoms with Crippen molar-refractivity contribution in [3.05, 3.63) is 46.3 Å². The van der Waals surface area contributed by atoms with E-state index in [9.17, 15) is 4.79 Å². The smallest absolute Gasteiger partial charge is 0.260 e. The van der Waals surface area contributed by atoms with E-state index in [1.165, 1.54) is 0 Å². The molecular weight excluding hydrogens is 306 g/mol. The first kappa shape index (κ1) is 14.9. The van der Waals surface area contributed by atoms with Gasteiger partial charge in [-0.2, -0.15) is 4.98 Å². The minimum atomic E-state index is -0.0912. The van der Waals surface area contributed by atoms with Crippen LogP contribution in [0.5, 0.6) is 0 Å². The fourth-order valence-electron chi connectivity index (χ4n) is 3.33. The Morgan fingerprint density at radius 3 is 3.04 bits per heavy atom. The first-order valence-electron chi connectivity index (χ1n) is 8.22. The second-order valence-electron chi connectivity index (χ2n) is 6.29. The molecule has 4 rings (SSSR count). The van der Waals surface area contributed by atoms with Gasteiger partial charge in [-0.15, -0.1) is 0 Å². The molecule has 1 atom stereocenters. The molecule has 1 saturated heterocycles. The average molecular weight is 325 g/mol. The molecule has 0 radical (unpaired) electrons. The van der Waals surface area contributed by atoms with Crippen molar-refractivity contribution in [2.75, 3.05) is 18.0 Å². The number of nitrogens with one attached hydrogen (secondary N) is 1. The van der Waals surface area contributed by atoms with Gasteiger partial charge in [-0.25, -0.2) is 4.98 Å². The molecule has 0 aliphatic carbocycles. The zero-order chi connectivity index (χ0) is 16.5. The summed E-state index contributed by atoms with van der Waals surface area (Å²) in [6, 6.07) is 7.42. The maximum Gasteiger partial charge on any atom is 0.260 e. The van der Waals surface area contributed by atoms with E-state index in [2.05, 4.69) is 25.0 Å². The molecule has 24 heavy (non-hydrogen) atoms. The van der Waals surface area contributed by atoms with Crippen molar-refractivity contribution in [3.8, 4) is 0 Å². The summed E-state index contributed by atoms with van der Waals surface area (Å²) < 4.78 is 5.05. The number of nitrogens with zero attached hydrogens (tertiary/aromatic N) is 4. The largest absolute Gasteiger partial charge is 0.342 e. The molecule has 3 heterocycles. The molecule has 1 fully saturated rings. The molecule has 7 heteroatoms. The van der Waals surface area contributed by atoms with Crippen LogP contribution in [0.3, 0.4) is 0 Å². The van der Waals surface area contributed by atoms with Crippen LogP contribution in [0.4, 0.5) is 5.95 Å². The van der Waals surface area contributed by atoms with Gasteiger partial charge in [0.2, 0.25) is 11.8 Å². The Morgan fingerprint density at radius 2 is 2.21 bits per heavy atom. The number of aromatic amines is 1. The molecule has 0 spiro atoms. The molecule has 1 unspecified atom stereocenters. The van der Waals surface area contributed by atoms with Crippen molar-refractivity contribution in [3.63, 3.8) is 0 Å². The highest BCUT2D eigenvalue weighted by Gasteiger charge is 2.23. The molecule has 0 amide bonds. The average Bonchev–Trinajstić information content (AvgIpc) is 3.00. The van der Waals surface area contributed by atoms with Gasteiger partial charge < -0.3 is 9.42 Å². The van der Waals surface area contributed by atoms with Crippen LogP contribution in [-0.4, -0.2) is 33.2 Å². The maximum absolute atomic E-state index is 12.3. The standard InChI is InChI=1S/C17H19N5O2/c1-11-18-15(21-24-11)9-12-5-4-8-22(10-12)17-19-14-7-3-2-6-13(14)16(23)20-17/h2-3,6-7,12H,4-5,8-10H2,1H3,(H,19,20,23). The van der Waals surface area contributed by atoms with Crippen LogP contribution in [0.15, 0.2) is 33.6 Å². The van der Waals surface area contributed by atoms with Crippen LogP contribution in [0, 0.1) is 12.8 Å². The summed E-state index contributed by atoms with van der Waals surface area (Å²) in [7, 11) is 0. The fourth-order valence-corrected chi connectivity index (χ4v) is 3.33. The minimum absolute atomic E-state index is 0.0912. The number of H-pyrrole nitrogens is 1. The lowest BCUT2D eigenvalue weighted by Crippen LogP contribution is -2.38. The number of hydrogen-bond donors (Lipinski definition) is 1. The van der Waals surface area contributed by atoms with E-state index in [0.717, 1.165) is 43.7 Å². The Kier molecular flexibility index (Phi) is 3.76. The summed E-state index contributed by atoms with van der Waals surface area (Å²) in [6.07, 6.45) is 2.95. The van der Waals surface area contributed by atoms with E-state index in [1.54, 1.807) is 13.0 Å². The van der Waals surface area contributed by atoms with E-state index in [-0.39, 0.29) is 5.56 Å². The molecule has 3 aromatic rings. The molecule has 0 saturated carbocycles. The van der Waals surface area contributed by atoms with Gasteiger partial charge in [0.1, 0.15) is 0 Å². The Labute approximate surface area is 138 Å². The minimum Gasteiger partial charge on any atom is -0.342 e. The van der Waals surface area contributed by atoms with Crippen molar-refractivity contribution in [1.82, 2.24) is 20.1 Å². The van der Waals surface area contributed by atoms with Gasteiger partial charge >= 0.3 is 0 Å². The van der Waals surface area contributed by atoms with Crippen LogP contribution in [-0.2, 0) is 6.42 Å². The molecule has 1 N–H and O–H groups in total. The van der Waals surface area contributed by atoms with Gasteiger partial charge in [0, 0.05) is 26.4 Å². The quantitative estimate of drug-likeness (QED) is 0.793. The van der Waals surface area contributed by atoms with Gasteiger partial charge in [0.15, 0.2) is 5.82 Å². The zero-order valence-electron chi connectivity index (χ0n) is 13.5. The molecule has 7 nitrogen and oxygen atoms in total. The van der Waals surface area contributed by atoms with Crippen LogP contribution in [0.2, 0.25) is 0 Å². The number of rotatable bonds is 3. The van der Waals surface area contributed by atoms with Gasteiger partial charge in [-0.1, -0.05) is 17.3 Å². The van der Waals surface area contributed by atoms with E-state index < -0.39 is 0 Å². The number of benzene rings is 1. The number of para-hydroxylation sites is 1. The highest BCUT2D eigenvalue weighted by Crippen LogP contribution is 2.23. The van der Waals surface area contributed by atoms with Crippen molar-refractivity contribution in [1.29, 1.82) is 0 Å². The Hall–Kier alpha value is -2.70. The second-order valence-corrected chi connectivity index (χ2v) is 6.29. The molecule has 0 bridgehead atoms. The summed E-state index contributed by atoms with van der Waals surface area (Å²) in [6.45, 7) is 3.52. The zero-order valence-corrected chi connectivity index (χ0v) is 13.5. The van der Waals surface area contributed by atoms with E-state index in [0.29, 0.717) is 23.1 Å². The molecule has 2 aromatic heterocycles. The predicted molar refractivity (Wildman–Crippen MR) is 90.0 cm³/mol. The Balaban J connectivity index is 1.56. The van der Waals surface area contributed by atoms with Crippen LogP contribution in [0.1, 0.15) is 24.6 Å². The van der Waals surface area contributed by atoms with Crippen molar-refractivity contribution >= 4 is 16.9 Å². The number of aryl methyl sites for hydroxylation is 1. The van der Waals surface area contributed by atoms with Crippen molar-refractivity contribution < 1.29 is 4.52 Å². The Bertz CT molecular complexity index is 916. The molecule has 1 aliphatic rings. The number of fused-ring (bicyclic) bond motifs is 1. The van der Waals surface area contributed by atoms with Crippen molar-refractivity contribution in [2.45, 2.75) is 26.2 Å². The predicted octanol–water partition coefficient (Wildman–Crippen LogP) is 2.07. The lowest BCUT2D eigenvalue weighted by Gasteiger charge is -2.32. The highest BCUT2D eigenvalue weighted by atomic mass is 16.5. The summed E-state index contributed by atoms with van der Waals surface area (Å²) >= 11 is 0. The molecular formula is C17H19N5O2. The Morgan fingerprint density at radius 1 is 1.33 bits per heavy atom. The van der Waals surface area contributed by atoms with E-state index in [4.69, 9.17) is 4.52 Å². The summed E-state index contributed by atoms with van der Waals surface area (Å²) in [5.74, 6) is 2.41. The summed E-state index contributed by atoms with van der Waals surface area (Å²) in [5.41, 5.74) is 0.638. The normalized spacial score (nSPS) is 18.2. The topological polar surface area (TPSA) is 87.9 Å². The third-order valence-electron chi connectivity index (χ3n) is 4.46. The highest BCUT2D eigenvalue weighted by molar-refractivity contribution is 5.78. The number of piperidine rings is 1. The first-order chi connectivity index (χ1) is 11.7. The second kappa shape index (κ2) is 6.07. The molecule has 1 aliphatic heterocycles. The third-order valence-corrected chi connectivity index (χ3v) is 4.46. The number of aromatic nitrogens is 4. The summed E-state index contributed by atoms with van der Waals surface area (Å²) in [4.78, 5) is 26.2. The lowest BCUT2D eigenvalue weighted by molar-refractivity contribution is 0.369. The molecule has 124 valence electrons. The van der Waals surface area contributed by atoms with E-state index in [1.807, 2.05) is 18.2 Å². The van der Waals surface area contributed by atoms with E-state index >= 15 is 0 Å². The monoisotopic (exact) mass is 325 g/mol. The summed E-state index contributed by atoms with van der Waals surface area (Å²) in [5, 5.41) is 4.61. The van der Waals surface area contributed by atoms with Crippen molar-refractivity contribution in [2.24, 2.45) is 5.92 Å². The third kappa shape index (κ3) is 2.89. The molecule has 1 aromatic carbocycles. The maximum atomic E-state index is 12.3. The number of hydrogen-bond acceptors (Lipinski definition) is 6. The number of anilines is 1. The van der Waals surface area contributed by atoms with Crippen LogP contribution >= 0.6 is 0 Å². The van der Waals surface area contributed by atoms with Gasteiger partial charge in [-0.05, 0) is 30.9 Å². The van der Waals surface area contributed by atoms with Gasteiger partial charge in [0.05, 0.1) is 10.9 Å². The van der Waals surface area contributed by atoms with Crippen LogP contribution < -0.4 is 10.5 Å². The first-order valence-corrected chi connectivity index (χ1v) is 8.22. The van der Waals surface area contributed by atoms with Gasteiger partial charge in [-0.3, -0.25) is 9.78 Å².